The molecule has 1 aliphatic carbocycles. The van der Waals surface area contributed by atoms with Gasteiger partial charge in [-0.25, -0.2) is 0 Å². The predicted molar refractivity (Wildman–Crippen MR) is 55.9 cm³/mol. The number of H-pyrrole nitrogens is 1. The van der Waals surface area contributed by atoms with Crippen molar-refractivity contribution in [3.63, 3.8) is 0 Å². The largest absolute Gasteiger partial charge is 0.298 e. The van der Waals surface area contributed by atoms with E-state index in [0.717, 1.165) is 18.7 Å². The summed E-state index contributed by atoms with van der Waals surface area (Å²) in [5, 5.41) is 19.3. The van der Waals surface area contributed by atoms with Crippen LogP contribution in [0.4, 0.5) is 5.82 Å². The quantitative estimate of drug-likeness (QED) is 0.729. The monoisotopic (exact) mass is 214 g/mol. The zero-order valence-electron chi connectivity index (χ0n) is 8.59. The lowest BCUT2D eigenvalue weighted by atomic mass is 9.94. The smallest absolute Gasteiger partial charge is 0.240 e. The number of nitrogens with one attached hydrogen (secondary N) is 1. The Labute approximate surface area is 91.4 Å². The number of azo groups is 1. The molecule has 1 aliphatic heterocycles. The van der Waals surface area contributed by atoms with Gasteiger partial charge in [0.15, 0.2) is 0 Å². The van der Waals surface area contributed by atoms with Crippen LogP contribution in [0.15, 0.2) is 22.5 Å². The first-order chi connectivity index (χ1) is 7.93. The molecule has 2 aromatic heterocycles. The molecule has 6 heteroatoms. The van der Waals surface area contributed by atoms with Crippen LogP contribution in [0.3, 0.4) is 0 Å². The Hall–Kier alpha value is -1.98. The van der Waals surface area contributed by atoms with Crippen LogP contribution in [-0.4, -0.2) is 20.0 Å². The molecule has 0 bridgehead atoms. The highest BCUT2D eigenvalue weighted by atomic mass is 15.4. The Bertz CT molecular complexity index is 578. The highest BCUT2D eigenvalue weighted by Crippen LogP contribution is 2.38. The number of aromatic nitrogens is 4. The predicted octanol–water partition coefficient (Wildman–Crippen LogP) is 2.07. The number of fused-ring (bicyclic) bond motifs is 2. The van der Waals surface area contributed by atoms with Gasteiger partial charge in [-0.05, 0) is 30.9 Å². The lowest BCUT2D eigenvalue weighted by Crippen LogP contribution is -2.10. The van der Waals surface area contributed by atoms with Gasteiger partial charge in [-0.2, -0.15) is 10.3 Å². The molecule has 1 unspecified atom stereocenters. The average molecular weight is 214 g/mol. The number of rotatable bonds is 0. The van der Waals surface area contributed by atoms with Gasteiger partial charge in [-0.1, -0.05) is 0 Å². The summed E-state index contributed by atoms with van der Waals surface area (Å²) in [4.78, 5) is 0. The summed E-state index contributed by atoms with van der Waals surface area (Å²) in [7, 11) is 0. The van der Waals surface area contributed by atoms with Gasteiger partial charge in [0, 0.05) is 6.20 Å². The Balaban J connectivity index is 2.06. The lowest BCUT2D eigenvalue weighted by Gasteiger charge is -2.19. The summed E-state index contributed by atoms with van der Waals surface area (Å²) in [6.45, 7) is 0. The molecule has 3 heterocycles. The molecule has 0 fully saturated rings. The second kappa shape index (κ2) is 2.78. The van der Waals surface area contributed by atoms with Crippen LogP contribution >= 0.6 is 0 Å². The molecule has 1 N–H and O–H groups in total. The Morgan fingerprint density at radius 2 is 2.38 bits per heavy atom. The van der Waals surface area contributed by atoms with E-state index >= 15 is 0 Å². The molecule has 0 saturated heterocycles. The second-order valence-corrected chi connectivity index (χ2v) is 4.19. The zero-order chi connectivity index (χ0) is 10.5. The fourth-order valence-corrected chi connectivity index (χ4v) is 2.56. The van der Waals surface area contributed by atoms with Gasteiger partial charge in [0.2, 0.25) is 11.6 Å². The third-order valence-corrected chi connectivity index (χ3v) is 3.28. The van der Waals surface area contributed by atoms with E-state index in [1.165, 1.54) is 17.7 Å². The van der Waals surface area contributed by atoms with Gasteiger partial charge in [0.05, 0.1) is 5.69 Å². The minimum absolute atomic E-state index is 0.176. The second-order valence-electron chi connectivity index (χ2n) is 4.19. The maximum atomic E-state index is 4.36. The van der Waals surface area contributed by atoms with E-state index in [4.69, 9.17) is 0 Å². The van der Waals surface area contributed by atoms with Crippen molar-refractivity contribution in [2.45, 2.75) is 25.3 Å². The third-order valence-electron chi connectivity index (χ3n) is 3.28. The number of aryl methyl sites for hydroxylation is 1. The van der Waals surface area contributed by atoms with E-state index in [1.807, 2.05) is 6.20 Å². The summed E-state index contributed by atoms with van der Waals surface area (Å²) < 4.78 is 2.07. The Morgan fingerprint density at radius 3 is 3.38 bits per heavy atom. The molecule has 1 atom stereocenters. The van der Waals surface area contributed by atoms with E-state index in [-0.39, 0.29) is 6.04 Å². The van der Waals surface area contributed by atoms with Gasteiger partial charge < -0.3 is 0 Å². The first-order valence-electron chi connectivity index (χ1n) is 5.45. The number of nitrogens with zero attached hydrogens (tertiary/aromatic N) is 5. The summed E-state index contributed by atoms with van der Waals surface area (Å²) in [5.74, 6) is 1.34. The molecule has 2 aromatic rings. The van der Waals surface area contributed by atoms with Gasteiger partial charge in [0.25, 0.3) is 0 Å². The molecule has 16 heavy (non-hydrogen) atoms. The highest BCUT2D eigenvalue weighted by Gasteiger charge is 2.28. The van der Waals surface area contributed by atoms with E-state index in [1.54, 1.807) is 0 Å². The molecule has 0 spiro atoms. The minimum atomic E-state index is 0.176. The molecular weight excluding hydrogens is 204 g/mol. The zero-order valence-corrected chi connectivity index (χ0v) is 8.59. The van der Waals surface area contributed by atoms with E-state index < -0.39 is 0 Å². The Kier molecular flexibility index (Phi) is 1.42. The third kappa shape index (κ3) is 0.911. The van der Waals surface area contributed by atoms with Gasteiger partial charge in [-0.15, -0.1) is 15.3 Å². The summed E-state index contributed by atoms with van der Waals surface area (Å²) >= 11 is 0. The molecular formula is C10H10N6. The van der Waals surface area contributed by atoms with Crippen molar-refractivity contribution in [2.75, 3.05) is 0 Å². The topological polar surface area (TPSA) is 71.2 Å². The van der Waals surface area contributed by atoms with Gasteiger partial charge in [-0.3, -0.25) is 4.57 Å². The molecule has 4 rings (SSSR count). The van der Waals surface area contributed by atoms with Crippen LogP contribution in [-0.2, 0) is 6.42 Å². The SMILES string of the molecule is c1cn2c3c1CCCC3N=Nc1n[nH]nc1-2. The first-order valence-corrected chi connectivity index (χ1v) is 5.45. The number of aromatic amines is 1. The van der Waals surface area contributed by atoms with Crippen molar-refractivity contribution in [2.24, 2.45) is 10.2 Å². The first kappa shape index (κ1) is 8.20. The fraction of sp³-hybridized carbons (Fsp3) is 0.400. The van der Waals surface area contributed by atoms with Crippen molar-refractivity contribution in [1.29, 1.82) is 0 Å². The van der Waals surface area contributed by atoms with Crippen molar-refractivity contribution in [3.05, 3.63) is 23.5 Å². The standard InChI is InChI=1S/C10H10N6/c1-2-6-4-5-16-8(6)7(3-1)11-12-9-10(16)14-15-13-9/h4-5,7H,1-3H2,(H,13,14,15). The molecule has 80 valence electrons. The van der Waals surface area contributed by atoms with Gasteiger partial charge >= 0.3 is 0 Å². The van der Waals surface area contributed by atoms with E-state index in [0.29, 0.717) is 5.82 Å². The molecule has 2 aliphatic rings. The molecule has 6 nitrogen and oxygen atoms in total. The molecule has 0 amide bonds. The summed E-state index contributed by atoms with van der Waals surface area (Å²) in [5.41, 5.74) is 2.61. The van der Waals surface area contributed by atoms with E-state index in [9.17, 15) is 0 Å². The number of hydrogen-bond acceptors (Lipinski definition) is 4. The van der Waals surface area contributed by atoms with Crippen molar-refractivity contribution in [3.8, 4) is 5.82 Å². The van der Waals surface area contributed by atoms with Crippen LogP contribution in [0.2, 0.25) is 0 Å². The highest BCUT2D eigenvalue weighted by molar-refractivity contribution is 5.49. The van der Waals surface area contributed by atoms with Crippen LogP contribution in [0.25, 0.3) is 5.82 Å². The fourth-order valence-electron chi connectivity index (χ4n) is 2.56. The minimum Gasteiger partial charge on any atom is -0.298 e. The van der Waals surface area contributed by atoms with Crippen molar-refractivity contribution in [1.82, 2.24) is 20.0 Å². The van der Waals surface area contributed by atoms with Crippen LogP contribution in [0.1, 0.15) is 30.1 Å². The van der Waals surface area contributed by atoms with E-state index in [2.05, 4.69) is 36.3 Å². The number of hydrogen-bond donors (Lipinski definition) is 1. The van der Waals surface area contributed by atoms with Crippen molar-refractivity contribution < 1.29 is 0 Å². The van der Waals surface area contributed by atoms with Gasteiger partial charge in [0.1, 0.15) is 6.04 Å². The molecule has 0 saturated carbocycles. The average Bonchev–Trinajstić information content (AvgIpc) is 2.88. The Morgan fingerprint density at radius 1 is 1.38 bits per heavy atom. The normalized spacial score (nSPS) is 21.4. The molecule has 0 radical (unpaired) electrons. The van der Waals surface area contributed by atoms with Crippen LogP contribution < -0.4 is 0 Å². The summed E-state index contributed by atoms with van der Waals surface area (Å²) in [6.07, 6.45) is 5.41. The van der Waals surface area contributed by atoms with Crippen LogP contribution in [0, 0.1) is 0 Å². The maximum Gasteiger partial charge on any atom is 0.240 e. The molecule has 0 aromatic carbocycles. The summed E-state index contributed by atoms with van der Waals surface area (Å²) in [6, 6.07) is 2.33. The maximum absolute atomic E-state index is 4.36. The lowest BCUT2D eigenvalue weighted by molar-refractivity contribution is 0.537. The van der Waals surface area contributed by atoms with Crippen molar-refractivity contribution >= 4 is 5.82 Å². The van der Waals surface area contributed by atoms with Crippen LogP contribution in [0.5, 0.6) is 0 Å².